The molecule has 0 aliphatic carbocycles. The largest absolute Gasteiger partial charge is 0.333 e. The second-order valence-corrected chi connectivity index (χ2v) is 4.99. The summed E-state index contributed by atoms with van der Waals surface area (Å²) >= 11 is 0. The van der Waals surface area contributed by atoms with Gasteiger partial charge in [0.15, 0.2) is 0 Å². The SMILES string of the molecule is O=C1CCCCCN1C(=O)N1CCCCCC1=O.[V]. The summed E-state index contributed by atoms with van der Waals surface area (Å²) in [5, 5.41) is 0. The smallest absolute Gasteiger partial charge is 0.274 e. The molecule has 2 rings (SSSR count). The van der Waals surface area contributed by atoms with Crippen molar-refractivity contribution in [3.63, 3.8) is 0 Å². The van der Waals surface area contributed by atoms with Crippen molar-refractivity contribution < 1.29 is 32.9 Å². The van der Waals surface area contributed by atoms with Crippen LogP contribution in [0.2, 0.25) is 0 Å². The number of carbonyl (C=O) groups is 3. The van der Waals surface area contributed by atoms with Crippen LogP contribution in [0.25, 0.3) is 0 Å². The van der Waals surface area contributed by atoms with Gasteiger partial charge in [0, 0.05) is 44.5 Å². The molecule has 0 unspecified atom stereocenters. The Labute approximate surface area is 125 Å². The predicted molar refractivity (Wildman–Crippen MR) is 65.8 cm³/mol. The summed E-state index contributed by atoms with van der Waals surface area (Å²) in [7, 11) is 0. The first-order chi connectivity index (χ1) is 8.70. The third-order valence-corrected chi connectivity index (χ3v) is 3.61. The third-order valence-electron chi connectivity index (χ3n) is 3.61. The van der Waals surface area contributed by atoms with Crippen LogP contribution in [0.3, 0.4) is 0 Å². The van der Waals surface area contributed by atoms with Gasteiger partial charge in [0.1, 0.15) is 0 Å². The normalized spacial score (nSPS) is 21.5. The van der Waals surface area contributed by atoms with Crippen molar-refractivity contribution in [2.45, 2.75) is 51.4 Å². The van der Waals surface area contributed by atoms with Crippen LogP contribution in [0.4, 0.5) is 4.79 Å². The van der Waals surface area contributed by atoms with Gasteiger partial charge in [0.2, 0.25) is 11.8 Å². The third kappa shape index (κ3) is 4.08. The maximum Gasteiger partial charge on any atom is 0.333 e. The summed E-state index contributed by atoms with van der Waals surface area (Å²) in [6, 6.07) is -0.395. The number of nitrogens with zero attached hydrogens (tertiary/aromatic N) is 2. The summed E-state index contributed by atoms with van der Waals surface area (Å²) in [5.74, 6) is -0.260. The van der Waals surface area contributed by atoms with E-state index < -0.39 is 6.03 Å². The second-order valence-electron chi connectivity index (χ2n) is 4.99. The molecule has 0 aromatic heterocycles. The Kier molecular flexibility index (Phi) is 6.59. The van der Waals surface area contributed by atoms with Gasteiger partial charge < -0.3 is 0 Å². The van der Waals surface area contributed by atoms with E-state index in [1.165, 1.54) is 9.80 Å². The van der Waals surface area contributed by atoms with E-state index in [9.17, 15) is 14.4 Å². The number of carbonyl (C=O) groups excluding carboxylic acids is 3. The zero-order valence-corrected chi connectivity index (χ0v) is 12.5. The summed E-state index contributed by atoms with van der Waals surface area (Å²) in [4.78, 5) is 38.6. The Morgan fingerprint density at radius 2 is 1.16 bits per heavy atom. The Morgan fingerprint density at radius 1 is 0.737 bits per heavy atom. The van der Waals surface area contributed by atoms with Gasteiger partial charge in [0.05, 0.1) is 0 Å². The van der Waals surface area contributed by atoms with E-state index in [2.05, 4.69) is 0 Å². The van der Waals surface area contributed by atoms with E-state index in [0.717, 1.165) is 38.5 Å². The maximum atomic E-state index is 12.3. The molecule has 19 heavy (non-hydrogen) atoms. The second kappa shape index (κ2) is 7.70. The van der Waals surface area contributed by atoms with Crippen LogP contribution >= 0.6 is 0 Å². The van der Waals surface area contributed by atoms with Crippen LogP contribution in [-0.4, -0.2) is 40.7 Å². The minimum atomic E-state index is -0.395. The summed E-state index contributed by atoms with van der Waals surface area (Å²) in [6.07, 6.45) is 6.18. The molecular weight excluding hydrogens is 283 g/mol. The van der Waals surface area contributed by atoms with E-state index in [1.54, 1.807) is 0 Å². The molecular formula is C13H20N2O3V. The molecule has 0 atom stereocenters. The van der Waals surface area contributed by atoms with Gasteiger partial charge in [-0.3, -0.25) is 19.4 Å². The minimum absolute atomic E-state index is 0. The van der Waals surface area contributed by atoms with Gasteiger partial charge in [0.25, 0.3) is 0 Å². The predicted octanol–water partition coefficient (Wildman–Crippen LogP) is 1.91. The zero-order chi connectivity index (χ0) is 13.0. The van der Waals surface area contributed by atoms with Crippen LogP contribution in [-0.2, 0) is 28.1 Å². The maximum absolute atomic E-state index is 12.3. The number of hydrogen-bond donors (Lipinski definition) is 0. The molecule has 2 fully saturated rings. The van der Waals surface area contributed by atoms with Crippen molar-refractivity contribution in [2.24, 2.45) is 0 Å². The van der Waals surface area contributed by atoms with Gasteiger partial charge in [-0.2, -0.15) is 0 Å². The van der Waals surface area contributed by atoms with E-state index in [-0.39, 0.29) is 30.4 Å². The van der Waals surface area contributed by atoms with E-state index in [0.29, 0.717) is 25.9 Å². The van der Waals surface area contributed by atoms with E-state index >= 15 is 0 Å². The fourth-order valence-corrected chi connectivity index (χ4v) is 2.52. The molecule has 5 nitrogen and oxygen atoms in total. The van der Waals surface area contributed by atoms with Crippen molar-refractivity contribution in [1.82, 2.24) is 9.80 Å². The molecule has 0 aromatic rings. The first-order valence-electron chi connectivity index (χ1n) is 6.85. The topological polar surface area (TPSA) is 57.7 Å². The molecule has 2 aliphatic rings. The van der Waals surface area contributed by atoms with Crippen LogP contribution in [0, 0.1) is 0 Å². The quantitative estimate of drug-likeness (QED) is 0.687. The van der Waals surface area contributed by atoms with Gasteiger partial charge in [-0.1, -0.05) is 12.8 Å². The minimum Gasteiger partial charge on any atom is -0.274 e. The standard InChI is InChI=1S/C13H20N2O3.V/c16-11-7-3-1-5-9-14(11)13(18)15-10-6-2-4-8-12(15)17;/h1-10H2;. The summed E-state index contributed by atoms with van der Waals surface area (Å²) in [5.41, 5.74) is 0. The van der Waals surface area contributed by atoms with Gasteiger partial charge in [-0.25, -0.2) is 4.79 Å². The molecule has 0 saturated carbocycles. The van der Waals surface area contributed by atoms with Gasteiger partial charge >= 0.3 is 6.03 Å². The van der Waals surface area contributed by atoms with Gasteiger partial charge in [-0.05, 0) is 25.7 Å². The van der Waals surface area contributed by atoms with Crippen molar-refractivity contribution >= 4 is 17.8 Å². The number of amides is 4. The molecule has 1 radical (unpaired) electrons. The molecule has 2 heterocycles. The average molecular weight is 303 g/mol. The fourth-order valence-electron chi connectivity index (χ4n) is 2.52. The zero-order valence-electron chi connectivity index (χ0n) is 11.1. The van der Waals surface area contributed by atoms with Crippen LogP contribution in [0.15, 0.2) is 0 Å². The van der Waals surface area contributed by atoms with Crippen LogP contribution in [0.5, 0.6) is 0 Å². The Morgan fingerprint density at radius 3 is 1.58 bits per heavy atom. The molecule has 2 saturated heterocycles. The van der Waals surface area contributed by atoms with Crippen molar-refractivity contribution in [3.8, 4) is 0 Å². The molecule has 4 amide bonds. The monoisotopic (exact) mass is 303 g/mol. The molecule has 0 bridgehead atoms. The van der Waals surface area contributed by atoms with E-state index in [1.807, 2.05) is 0 Å². The van der Waals surface area contributed by atoms with Crippen molar-refractivity contribution in [1.29, 1.82) is 0 Å². The molecule has 2 aliphatic heterocycles. The Bertz CT molecular complexity index is 328. The van der Waals surface area contributed by atoms with Crippen LogP contribution < -0.4 is 0 Å². The van der Waals surface area contributed by atoms with E-state index in [4.69, 9.17) is 0 Å². The number of urea groups is 1. The number of imide groups is 2. The van der Waals surface area contributed by atoms with Crippen molar-refractivity contribution in [2.75, 3.05) is 13.1 Å². The Balaban J connectivity index is 0.00000180. The summed E-state index contributed by atoms with van der Waals surface area (Å²) < 4.78 is 0. The molecule has 0 N–H and O–H groups in total. The number of rotatable bonds is 0. The number of hydrogen-bond acceptors (Lipinski definition) is 3. The Hall–Kier alpha value is -0.806. The molecule has 6 heteroatoms. The molecule has 0 aromatic carbocycles. The fraction of sp³-hybridized carbons (Fsp3) is 0.769. The average Bonchev–Trinajstić information content (AvgIpc) is 2.69. The van der Waals surface area contributed by atoms with Crippen LogP contribution in [0.1, 0.15) is 51.4 Å². The molecule has 0 spiro atoms. The molecule has 105 valence electrons. The summed E-state index contributed by atoms with van der Waals surface area (Å²) in [6.45, 7) is 0.920. The first-order valence-corrected chi connectivity index (χ1v) is 6.85. The number of likely N-dealkylation sites (tertiary alicyclic amines) is 2. The van der Waals surface area contributed by atoms with Crippen molar-refractivity contribution in [3.05, 3.63) is 0 Å². The first kappa shape index (κ1) is 16.2. The van der Waals surface area contributed by atoms with Gasteiger partial charge in [-0.15, -0.1) is 0 Å².